The van der Waals surface area contributed by atoms with Gasteiger partial charge in [0.25, 0.3) is 0 Å². The van der Waals surface area contributed by atoms with Crippen molar-refractivity contribution in [1.29, 1.82) is 0 Å². The van der Waals surface area contributed by atoms with Gasteiger partial charge >= 0.3 is 11.9 Å². The van der Waals surface area contributed by atoms with Crippen LogP contribution in [0.3, 0.4) is 0 Å². The van der Waals surface area contributed by atoms with Gasteiger partial charge in [0.1, 0.15) is 18.2 Å². The summed E-state index contributed by atoms with van der Waals surface area (Å²) in [6.45, 7) is 7.14. The lowest BCUT2D eigenvalue weighted by atomic mass is 9.64. The summed E-state index contributed by atoms with van der Waals surface area (Å²) >= 11 is 0. The number of benzene rings is 2. The maximum Gasteiger partial charge on any atom is 0.323 e. The van der Waals surface area contributed by atoms with Crippen LogP contribution < -0.4 is 0 Å². The molecular formula is C28H35NO4. The zero-order chi connectivity index (χ0) is 23.6. The minimum atomic E-state index is -0.885. The molecule has 5 atom stereocenters. The van der Waals surface area contributed by atoms with Crippen LogP contribution in [-0.4, -0.2) is 40.1 Å². The maximum atomic E-state index is 13.3. The summed E-state index contributed by atoms with van der Waals surface area (Å²) in [7, 11) is 0. The van der Waals surface area contributed by atoms with Crippen LogP contribution in [0, 0.1) is 11.8 Å². The second-order valence-corrected chi connectivity index (χ2v) is 10.4. The Bertz CT molecular complexity index is 958. The van der Waals surface area contributed by atoms with Gasteiger partial charge in [0.05, 0.1) is 0 Å². The number of aliphatic carboxylic acids is 1. The van der Waals surface area contributed by atoms with Crippen molar-refractivity contribution in [2.75, 3.05) is 0 Å². The number of rotatable bonds is 7. The fraction of sp³-hybridized carbons (Fsp3) is 0.500. The molecule has 2 fully saturated rings. The summed E-state index contributed by atoms with van der Waals surface area (Å²) in [6, 6.07) is 19.0. The molecule has 176 valence electrons. The molecule has 1 aliphatic carbocycles. The Morgan fingerprint density at radius 1 is 0.970 bits per heavy atom. The molecule has 2 aromatic rings. The molecule has 5 nitrogen and oxygen atoms in total. The molecule has 5 heteroatoms. The topological polar surface area (TPSA) is 66.8 Å². The highest BCUT2D eigenvalue weighted by atomic mass is 16.5. The van der Waals surface area contributed by atoms with Crippen molar-refractivity contribution >= 4 is 11.9 Å². The monoisotopic (exact) mass is 449 g/mol. The number of carboxylic acid groups (broad SMARTS) is 1. The van der Waals surface area contributed by atoms with E-state index in [1.54, 1.807) is 4.90 Å². The van der Waals surface area contributed by atoms with Crippen molar-refractivity contribution in [3.8, 4) is 0 Å². The first-order chi connectivity index (χ1) is 15.8. The Labute approximate surface area is 196 Å². The third-order valence-corrected chi connectivity index (χ3v) is 7.78. The van der Waals surface area contributed by atoms with Gasteiger partial charge in [-0.05, 0) is 41.7 Å². The van der Waals surface area contributed by atoms with Crippen LogP contribution in [0.15, 0.2) is 60.7 Å². The first-order valence-corrected chi connectivity index (χ1v) is 12.1. The third-order valence-electron chi connectivity index (χ3n) is 7.78. The van der Waals surface area contributed by atoms with Crippen LogP contribution in [-0.2, 0) is 26.3 Å². The molecule has 1 saturated carbocycles. The smallest absolute Gasteiger partial charge is 0.323 e. The predicted molar refractivity (Wildman–Crippen MR) is 128 cm³/mol. The highest BCUT2D eigenvalue weighted by Gasteiger charge is 2.49. The van der Waals surface area contributed by atoms with Crippen molar-refractivity contribution in [3.63, 3.8) is 0 Å². The summed E-state index contributed by atoms with van der Waals surface area (Å²) in [6.07, 6.45) is 3.12. The standard InChI is InChI=1S/C28H35NO4/c1-19-14-15-22(28(2,3)21-12-8-5-9-13-21)25(16-19)33-27(32)24-17-23(26(30)31)29(24)18-20-10-6-4-7-11-20/h4-13,19,22-25H,14-18H2,1-3H3,(H,30,31). The second-order valence-electron chi connectivity index (χ2n) is 10.4. The third kappa shape index (κ3) is 4.98. The number of carboxylic acids is 1. The van der Waals surface area contributed by atoms with Crippen molar-refractivity contribution in [2.45, 2.75) is 76.6 Å². The van der Waals surface area contributed by atoms with E-state index in [0.29, 0.717) is 18.9 Å². The Hall–Kier alpha value is -2.66. The van der Waals surface area contributed by atoms with E-state index in [-0.39, 0.29) is 23.4 Å². The summed E-state index contributed by atoms with van der Waals surface area (Å²) in [5.41, 5.74) is 2.13. The number of hydrogen-bond donors (Lipinski definition) is 1. The van der Waals surface area contributed by atoms with Crippen LogP contribution in [0.1, 0.15) is 57.6 Å². The van der Waals surface area contributed by atoms with E-state index in [0.717, 1.165) is 24.8 Å². The van der Waals surface area contributed by atoms with Gasteiger partial charge in [-0.2, -0.15) is 0 Å². The van der Waals surface area contributed by atoms with Gasteiger partial charge in [-0.1, -0.05) is 87.9 Å². The van der Waals surface area contributed by atoms with Gasteiger partial charge in [0.15, 0.2) is 0 Å². The van der Waals surface area contributed by atoms with Crippen LogP contribution in [0.2, 0.25) is 0 Å². The fourth-order valence-electron chi connectivity index (χ4n) is 5.64. The molecule has 5 unspecified atom stereocenters. The Morgan fingerprint density at radius 3 is 2.24 bits per heavy atom. The first-order valence-electron chi connectivity index (χ1n) is 12.1. The van der Waals surface area contributed by atoms with Gasteiger partial charge in [-0.25, -0.2) is 0 Å². The van der Waals surface area contributed by atoms with Gasteiger partial charge in [-0.3, -0.25) is 14.5 Å². The molecular weight excluding hydrogens is 414 g/mol. The molecule has 2 aromatic carbocycles. The largest absolute Gasteiger partial charge is 0.480 e. The Kier molecular flexibility index (Phi) is 6.89. The number of ether oxygens (including phenoxy) is 1. The average molecular weight is 450 g/mol. The molecule has 0 radical (unpaired) electrons. The summed E-state index contributed by atoms with van der Waals surface area (Å²) in [4.78, 5) is 26.8. The van der Waals surface area contributed by atoms with E-state index >= 15 is 0 Å². The lowest BCUT2D eigenvalue weighted by molar-refractivity contribution is -0.177. The minimum absolute atomic E-state index is 0.126. The number of carbonyl (C=O) groups excluding carboxylic acids is 1. The molecule has 1 heterocycles. The molecule has 1 aliphatic heterocycles. The van der Waals surface area contributed by atoms with Gasteiger partial charge in [0, 0.05) is 12.5 Å². The molecule has 33 heavy (non-hydrogen) atoms. The molecule has 1 saturated heterocycles. The lowest BCUT2D eigenvalue weighted by Gasteiger charge is -2.47. The predicted octanol–water partition coefficient (Wildman–Crippen LogP) is 5.04. The van der Waals surface area contributed by atoms with Crippen molar-refractivity contribution < 1.29 is 19.4 Å². The molecule has 2 aliphatic rings. The summed E-state index contributed by atoms with van der Waals surface area (Å²) in [5, 5.41) is 9.62. The van der Waals surface area contributed by atoms with Crippen molar-refractivity contribution in [3.05, 3.63) is 71.8 Å². The molecule has 0 bridgehead atoms. The normalized spacial score (nSPS) is 28.0. The number of likely N-dealkylation sites (tertiary alicyclic amines) is 1. The first kappa shape index (κ1) is 23.5. The number of hydrogen-bond acceptors (Lipinski definition) is 4. The molecule has 0 aromatic heterocycles. The zero-order valence-corrected chi connectivity index (χ0v) is 19.8. The van der Waals surface area contributed by atoms with E-state index in [1.807, 2.05) is 36.4 Å². The second kappa shape index (κ2) is 9.68. The van der Waals surface area contributed by atoms with E-state index in [4.69, 9.17) is 4.74 Å². The highest BCUT2D eigenvalue weighted by Crippen LogP contribution is 2.44. The number of nitrogens with zero attached hydrogens (tertiary/aromatic N) is 1. The summed E-state index contributed by atoms with van der Waals surface area (Å²) < 4.78 is 6.21. The lowest BCUT2D eigenvalue weighted by Crippen LogP contribution is -2.62. The minimum Gasteiger partial charge on any atom is -0.480 e. The average Bonchev–Trinajstić information content (AvgIpc) is 2.77. The molecule has 0 spiro atoms. The van der Waals surface area contributed by atoms with Crippen LogP contribution in [0.4, 0.5) is 0 Å². The molecule has 0 amide bonds. The van der Waals surface area contributed by atoms with Gasteiger partial charge in [-0.15, -0.1) is 0 Å². The van der Waals surface area contributed by atoms with E-state index in [2.05, 4.69) is 45.0 Å². The fourth-order valence-corrected chi connectivity index (χ4v) is 5.64. The Morgan fingerprint density at radius 2 is 1.61 bits per heavy atom. The van der Waals surface area contributed by atoms with Crippen LogP contribution >= 0.6 is 0 Å². The highest BCUT2D eigenvalue weighted by molar-refractivity contribution is 5.83. The van der Waals surface area contributed by atoms with Gasteiger partial charge in [0.2, 0.25) is 0 Å². The molecule has 1 N–H and O–H groups in total. The molecule has 4 rings (SSSR count). The van der Waals surface area contributed by atoms with Gasteiger partial charge < -0.3 is 9.84 Å². The number of carbonyl (C=O) groups is 2. The van der Waals surface area contributed by atoms with Crippen molar-refractivity contribution in [2.24, 2.45) is 11.8 Å². The van der Waals surface area contributed by atoms with Crippen molar-refractivity contribution in [1.82, 2.24) is 4.90 Å². The van der Waals surface area contributed by atoms with Crippen LogP contribution in [0.25, 0.3) is 0 Å². The zero-order valence-electron chi connectivity index (χ0n) is 19.8. The van der Waals surface area contributed by atoms with E-state index in [1.165, 1.54) is 5.56 Å². The number of esters is 1. The van der Waals surface area contributed by atoms with Crippen LogP contribution in [0.5, 0.6) is 0 Å². The maximum absolute atomic E-state index is 13.3. The van der Waals surface area contributed by atoms with E-state index < -0.39 is 18.1 Å². The van der Waals surface area contributed by atoms with E-state index in [9.17, 15) is 14.7 Å². The Balaban J connectivity index is 1.50. The summed E-state index contributed by atoms with van der Waals surface area (Å²) in [5.74, 6) is -0.446. The quantitative estimate of drug-likeness (QED) is 0.600. The SMILES string of the molecule is CC1CCC(C(C)(C)c2ccccc2)C(OC(=O)C2CC(C(=O)O)N2Cc2ccccc2)C1.